The molecule has 1 fully saturated rings. The van der Waals surface area contributed by atoms with E-state index >= 15 is 0 Å². The monoisotopic (exact) mass is 192 g/mol. The van der Waals surface area contributed by atoms with Crippen molar-refractivity contribution in [1.82, 2.24) is 4.98 Å². The topological polar surface area (TPSA) is 45.1 Å². The van der Waals surface area contributed by atoms with Crippen molar-refractivity contribution in [2.75, 3.05) is 5.32 Å². The molecule has 14 heavy (non-hydrogen) atoms. The third-order valence-electron chi connectivity index (χ3n) is 2.40. The molecule has 2 rings (SSSR count). The highest BCUT2D eigenvalue weighted by molar-refractivity contribution is 5.38. The minimum absolute atomic E-state index is 0.621. The second kappa shape index (κ2) is 3.24. The van der Waals surface area contributed by atoms with Gasteiger partial charge in [-0.05, 0) is 32.8 Å². The molecule has 3 nitrogen and oxygen atoms in total. The molecule has 76 valence electrons. The zero-order chi connectivity index (χ0) is 10.2. The predicted octanol–water partition coefficient (Wildman–Crippen LogP) is 1.88. The van der Waals surface area contributed by atoms with Gasteiger partial charge in [-0.15, -0.1) is 0 Å². The first kappa shape index (κ1) is 9.46. The molecule has 0 saturated heterocycles. The minimum atomic E-state index is -0.800. The van der Waals surface area contributed by atoms with E-state index < -0.39 is 5.60 Å². The van der Waals surface area contributed by atoms with Crippen LogP contribution >= 0.6 is 0 Å². The second-order valence-electron chi connectivity index (χ2n) is 4.41. The predicted molar refractivity (Wildman–Crippen MR) is 56.1 cm³/mol. The van der Waals surface area contributed by atoms with Crippen LogP contribution < -0.4 is 5.32 Å². The number of hydrogen-bond donors (Lipinski definition) is 2. The van der Waals surface area contributed by atoms with Crippen LogP contribution in [0.1, 0.15) is 32.3 Å². The van der Waals surface area contributed by atoms with Crippen molar-refractivity contribution in [3.63, 3.8) is 0 Å². The van der Waals surface area contributed by atoms with Crippen LogP contribution in [0.25, 0.3) is 0 Å². The van der Waals surface area contributed by atoms with Crippen molar-refractivity contribution >= 4 is 5.82 Å². The Morgan fingerprint density at radius 3 is 2.57 bits per heavy atom. The van der Waals surface area contributed by atoms with Crippen LogP contribution in [0, 0.1) is 0 Å². The molecule has 2 N–H and O–H groups in total. The Kier molecular flexibility index (Phi) is 2.19. The fourth-order valence-corrected chi connectivity index (χ4v) is 1.28. The maximum atomic E-state index is 9.71. The molecule has 1 heterocycles. The molecule has 0 radical (unpaired) electrons. The molecule has 1 aliphatic carbocycles. The minimum Gasteiger partial charge on any atom is -0.386 e. The van der Waals surface area contributed by atoms with E-state index in [1.165, 1.54) is 12.8 Å². The number of anilines is 1. The van der Waals surface area contributed by atoms with Crippen molar-refractivity contribution < 1.29 is 5.11 Å². The summed E-state index contributed by atoms with van der Waals surface area (Å²) < 4.78 is 0. The molecule has 1 saturated carbocycles. The van der Waals surface area contributed by atoms with Crippen LogP contribution in [0.3, 0.4) is 0 Å². The third-order valence-corrected chi connectivity index (χ3v) is 2.40. The molecular weight excluding hydrogens is 176 g/mol. The number of nitrogens with one attached hydrogen (secondary N) is 1. The van der Waals surface area contributed by atoms with Gasteiger partial charge >= 0.3 is 0 Å². The summed E-state index contributed by atoms with van der Waals surface area (Å²) in [5.41, 5.74) is 0.0457. The molecule has 0 spiro atoms. The third kappa shape index (κ3) is 2.23. The lowest BCUT2D eigenvalue weighted by Crippen LogP contribution is -2.16. The lowest BCUT2D eigenvalue weighted by atomic mass is 10.0. The van der Waals surface area contributed by atoms with Crippen molar-refractivity contribution in [2.45, 2.75) is 38.3 Å². The van der Waals surface area contributed by atoms with Crippen LogP contribution in [0.15, 0.2) is 18.3 Å². The van der Waals surface area contributed by atoms with Gasteiger partial charge in [0.2, 0.25) is 0 Å². The molecule has 3 heteroatoms. The van der Waals surface area contributed by atoms with Gasteiger partial charge in [-0.1, -0.05) is 6.07 Å². The van der Waals surface area contributed by atoms with Crippen LogP contribution in [0.5, 0.6) is 0 Å². The van der Waals surface area contributed by atoms with E-state index in [-0.39, 0.29) is 0 Å². The van der Waals surface area contributed by atoms with Gasteiger partial charge in [-0.3, -0.25) is 0 Å². The van der Waals surface area contributed by atoms with Gasteiger partial charge in [0.25, 0.3) is 0 Å². The number of pyridine rings is 1. The van der Waals surface area contributed by atoms with E-state index in [4.69, 9.17) is 0 Å². The van der Waals surface area contributed by atoms with E-state index in [1.54, 1.807) is 20.0 Å². The number of rotatable bonds is 3. The molecule has 0 amide bonds. The first-order valence-corrected chi connectivity index (χ1v) is 5.01. The van der Waals surface area contributed by atoms with Crippen LogP contribution in [-0.2, 0) is 5.60 Å². The Morgan fingerprint density at radius 2 is 2.14 bits per heavy atom. The quantitative estimate of drug-likeness (QED) is 0.768. The molecular formula is C11H16N2O. The summed E-state index contributed by atoms with van der Waals surface area (Å²) in [6, 6.07) is 4.46. The summed E-state index contributed by atoms with van der Waals surface area (Å²) in [6.07, 6.45) is 4.22. The molecule has 0 aliphatic heterocycles. The van der Waals surface area contributed by atoms with Gasteiger partial charge in [0.15, 0.2) is 0 Å². The van der Waals surface area contributed by atoms with Gasteiger partial charge < -0.3 is 10.4 Å². The van der Waals surface area contributed by atoms with E-state index in [1.807, 2.05) is 12.1 Å². The number of aliphatic hydroxyl groups is 1. The maximum Gasteiger partial charge on any atom is 0.126 e. The van der Waals surface area contributed by atoms with Crippen molar-refractivity contribution in [3.05, 3.63) is 23.9 Å². The Bertz CT molecular complexity index is 309. The van der Waals surface area contributed by atoms with E-state index in [9.17, 15) is 5.11 Å². The molecule has 1 aromatic heterocycles. The van der Waals surface area contributed by atoms with Gasteiger partial charge in [-0.2, -0.15) is 0 Å². The molecule has 1 aromatic rings. The summed E-state index contributed by atoms with van der Waals surface area (Å²) in [7, 11) is 0. The zero-order valence-electron chi connectivity index (χ0n) is 8.62. The molecule has 1 aliphatic rings. The molecule has 0 atom stereocenters. The van der Waals surface area contributed by atoms with E-state index in [0.717, 1.165) is 11.4 Å². The number of nitrogens with zero attached hydrogens (tertiary/aromatic N) is 1. The standard InChI is InChI=1S/C11H16N2O/c1-11(2,14)8-3-6-10(12-7-8)13-9-4-5-9/h3,6-7,9,14H,4-5H2,1-2H3,(H,12,13). The summed E-state index contributed by atoms with van der Waals surface area (Å²) in [5.74, 6) is 0.903. The fraction of sp³-hybridized carbons (Fsp3) is 0.545. The van der Waals surface area contributed by atoms with E-state index in [0.29, 0.717) is 6.04 Å². The SMILES string of the molecule is CC(C)(O)c1ccc(NC2CC2)nc1. The fourth-order valence-electron chi connectivity index (χ4n) is 1.28. The summed E-state index contributed by atoms with van der Waals surface area (Å²) >= 11 is 0. The average molecular weight is 192 g/mol. The summed E-state index contributed by atoms with van der Waals surface area (Å²) in [6.45, 7) is 3.52. The first-order chi connectivity index (χ1) is 6.55. The maximum absolute atomic E-state index is 9.71. The lowest BCUT2D eigenvalue weighted by Gasteiger charge is -2.17. The van der Waals surface area contributed by atoms with Gasteiger partial charge in [0.05, 0.1) is 5.60 Å². The average Bonchev–Trinajstić information content (AvgIpc) is 2.88. The number of hydrogen-bond acceptors (Lipinski definition) is 3. The molecule has 0 aromatic carbocycles. The highest BCUT2D eigenvalue weighted by atomic mass is 16.3. The Balaban J connectivity index is 2.08. The first-order valence-electron chi connectivity index (χ1n) is 5.01. The zero-order valence-corrected chi connectivity index (χ0v) is 8.62. The second-order valence-corrected chi connectivity index (χ2v) is 4.41. The Hall–Kier alpha value is -1.09. The van der Waals surface area contributed by atoms with Gasteiger partial charge in [-0.25, -0.2) is 4.98 Å². The van der Waals surface area contributed by atoms with Crippen molar-refractivity contribution in [3.8, 4) is 0 Å². The lowest BCUT2D eigenvalue weighted by molar-refractivity contribution is 0.0782. The van der Waals surface area contributed by atoms with Gasteiger partial charge in [0.1, 0.15) is 5.82 Å². The highest BCUT2D eigenvalue weighted by Gasteiger charge is 2.21. The Labute approximate surface area is 84.2 Å². The molecule has 0 unspecified atom stereocenters. The van der Waals surface area contributed by atoms with Crippen LogP contribution in [0.4, 0.5) is 5.82 Å². The largest absolute Gasteiger partial charge is 0.386 e. The van der Waals surface area contributed by atoms with Crippen LogP contribution in [0.2, 0.25) is 0 Å². The smallest absolute Gasteiger partial charge is 0.126 e. The van der Waals surface area contributed by atoms with Crippen molar-refractivity contribution in [2.24, 2.45) is 0 Å². The molecule has 0 bridgehead atoms. The van der Waals surface area contributed by atoms with E-state index in [2.05, 4.69) is 10.3 Å². The van der Waals surface area contributed by atoms with Crippen molar-refractivity contribution in [1.29, 1.82) is 0 Å². The van der Waals surface area contributed by atoms with Crippen LogP contribution in [-0.4, -0.2) is 16.1 Å². The highest BCUT2D eigenvalue weighted by Crippen LogP contribution is 2.25. The Morgan fingerprint density at radius 1 is 1.43 bits per heavy atom. The van der Waals surface area contributed by atoms with Gasteiger partial charge in [0, 0.05) is 17.8 Å². The summed E-state index contributed by atoms with van der Waals surface area (Å²) in [4.78, 5) is 4.25. The number of aromatic nitrogens is 1. The summed E-state index contributed by atoms with van der Waals surface area (Å²) in [5, 5.41) is 13.0. The normalized spacial score (nSPS) is 16.8.